The second kappa shape index (κ2) is 7.28. The van der Waals surface area contributed by atoms with Gasteiger partial charge in [-0.25, -0.2) is 0 Å². The van der Waals surface area contributed by atoms with Crippen LogP contribution in [0, 0.1) is 17.2 Å². The van der Waals surface area contributed by atoms with Crippen LogP contribution in [0.15, 0.2) is 24.3 Å². The molecule has 2 atom stereocenters. The van der Waals surface area contributed by atoms with Crippen LogP contribution in [0.2, 0.25) is 0 Å². The van der Waals surface area contributed by atoms with E-state index in [1.807, 2.05) is 12.1 Å². The predicted octanol–water partition coefficient (Wildman–Crippen LogP) is 2.03. The second-order valence-electron chi connectivity index (χ2n) is 5.48. The first kappa shape index (κ1) is 14.8. The van der Waals surface area contributed by atoms with Crippen molar-refractivity contribution in [3.63, 3.8) is 0 Å². The molecular formula is C16H22N2O2. The van der Waals surface area contributed by atoms with Gasteiger partial charge in [0.1, 0.15) is 5.75 Å². The van der Waals surface area contributed by atoms with E-state index >= 15 is 0 Å². The zero-order chi connectivity index (χ0) is 14.4. The zero-order valence-electron chi connectivity index (χ0n) is 12.0. The van der Waals surface area contributed by atoms with Crippen molar-refractivity contribution in [2.24, 2.45) is 5.92 Å². The molecule has 0 radical (unpaired) electrons. The van der Waals surface area contributed by atoms with Crippen molar-refractivity contribution in [3.05, 3.63) is 29.8 Å². The Morgan fingerprint density at radius 1 is 1.50 bits per heavy atom. The molecule has 0 spiro atoms. The highest BCUT2D eigenvalue weighted by Crippen LogP contribution is 2.17. The molecule has 0 aromatic heterocycles. The smallest absolute Gasteiger partial charge is 0.120 e. The SMILES string of the molecule is CC1CN(CCCOc2cccc(C#N)c2)CCC1O. The number of hydrogen-bond donors (Lipinski definition) is 1. The van der Waals surface area contributed by atoms with Crippen LogP contribution < -0.4 is 4.74 Å². The first-order valence-electron chi connectivity index (χ1n) is 7.22. The van der Waals surface area contributed by atoms with Crippen LogP contribution in [0.25, 0.3) is 0 Å². The summed E-state index contributed by atoms with van der Waals surface area (Å²) in [4.78, 5) is 2.38. The Kier molecular flexibility index (Phi) is 5.40. The summed E-state index contributed by atoms with van der Waals surface area (Å²) in [6.45, 7) is 5.68. The maximum absolute atomic E-state index is 9.69. The van der Waals surface area contributed by atoms with Crippen LogP contribution >= 0.6 is 0 Å². The summed E-state index contributed by atoms with van der Waals surface area (Å²) >= 11 is 0. The first-order valence-corrected chi connectivity index (χ1v) is 7.22. The van der Waals surface area contributed by atoms with Gasteiger partial charge in [0, 0.05) is 19.6 Å². The van der Waals surface area contributed by atoms with Gasteiger partial charge in [0.05, 0.1) is 24.3 Å². The summed E-state index contributed by atoms with van der Waals surface area (Å²) in [5.74, 6) is 1.11. The Morgan fingerprint density at radius 3 is 3.10 bits per heavy atom. The fourth-order valence-corrected chi connectivity index (χ4v) is 2.56. The number of nitriles is 1. The molecule has 0 amide bonds. The van der Waals surface area contributed by atoms with E-state index in [9.17, 15) is 5.11 Å². The van der Waals surface area contributed by atoms with Gasteiger partial charge >= 0.3 is 0 Å². The minimum Gasteiger partial charge on any atom is -0.494 e. The maximum Gasteiger partial charge on any atom is 0.120 e. The van der Waals surface area contributed by atoms with E-state index in [2.05, 4.69) is 17.9 Å². The number of aliphatic hydroxyl groups is 1. The molecule has 108 valence electrons. The molecule has 1 heterocycles. The highest BCUT2D eigenvalue weighted by Gasteiger charge is 2.23. The molecule has 2 unspecified atom stereocenters. The minimum atomic E-state index is -0.142. The lowest BCUT2D eigenvalue weighted by atomic mass is 9.97. The molecule has 0 aliphatic carbocycles. The van der Waals surface area contributed by atoms with Crippen molar-refractivity contribution in [1.82, 2.24) is 4.90 Å². The van der Waals surface area contributed by atoms with Gasteiger partial charge in [-0.15, -0.1) is 0 Å². The van der Waals surface area contributed by atoms with Crippen LogP contribution in [0.5, 0.6) is 5.75 Å². The normalized spacial score (nSPS) is 23.2. The molecule has 1 aromatic rings. The van der Waals surface area contributed by atoms with E-state index in [1.165, 1.54) is 0 Å². The third kappa shape index (κ3) is 4.22. The molecule has 1 aliphatic rings. The summed E-state index contributed by atoms with van der Waals surface area (Å²) in [6, 6.07) is 9.35. The van der Waals surface area contributed by atoms with Gasteiger partial charge in [-0.05, 0) is 37.0 Å². The van der Waals surface area contributed by atoms with Crippen molar-refractivity contribution in [1.29, 1.82) is 5.26 Å². The van der Waals surface area contributed by atoms with E-state index in [1.54, 1.807) is 12.1 Å². The Balaban J connectivity index is 1.68. The summed E-state index contributed by atoms with van der Waals surface area (Å²) in [7, 11) is 0. The topological polar surface area (TPSA) is 56.5 Å². The fraction of sp³-hybridized carbons (Fsp3) is 0.562. The number of likely N-dealkylation sites (tertiary alicyclic amines) is 1. The third-order valence-corrected chi connectivity index (χ3v) is 3.79. The summed E-state index contributed by atoms with van der Waals surface area (Å²) < 4.78 is 5.66. The molecule has 4 nitrogen and oxygen atoms in total. The third-order valence-electron chi connectivity index (χ3n) is 3.79. The van der Waals surface area contributed by atoms with Crippen LogP contribution in [-0.4, -0.2) is 42.4 Å². The lowest BCUT2D eigenvalue weighted by molar-refractivity contribution is 0.0334. The highest BCUT2D eigenvalue weighted by atomic mass is 16.5. The van der Waals surface area contributed by atoms with Crippen molar-refractivity contribution >= 4 is 0 Å². The first-order chi connectivity index (χ1) is 9.69. The van der Waals surface area contributed by atoms with Crippen molar-refractivity contribution in [2.75, 3.05) is 26.2 Å². The van der Waals surface area contributed by atoms with Crippen LogP contribution in [0.4, 0.5) is 0 Å². The number of piperidine rings is 1. The van der Waals surface area contributed by atoms with Gasteiger partial charge in [-0.1, -0.05) is 13.0 Å². The van der Waals surface area contributed by atoms with E-state index in [0.29, 0.717) is 18.1 Å². The van der Waals surface area contributed by atoms with Crippen LogP contribution in [-0.2, 0) is 0 Å². The molecule has 0 bridgehead atoms. The Labute approximate surface area is 120 Å². The van der Waals surface area contributed by atoms with Gasteiger partial charge in [-0.3, -0.25) is 0 Å². The molecule has 20 heavy (non-hydrogen) atoms. The number of rotatable bonds is 5. The fourth-order valence-electron chi connectivity index (χ4n) is 2.56. The van der Waals surface area contributed by atoms with Crippen molar-refractivity contribution in [2.45, 2.75) is 25.9 Å². The Morgan fingerprint density at radius 2 is 2.35 bits per heavy atom. The highest BCUT2D eigenvalue weighted by molar-refractivity contribution is 5.36. The van der Waals surface area contributed by atoms with E-state index in [0.717, 1.165) is 38.2 Å². The quantitative estimate of drug-likeness (QED) is 0.835. The number of ether oxygens (including phenoxy) is 1. The lowest BCUT2D eigenvalue weighted by Gasteiger charge is -2.34. The summed E-state index contributed by atoms with van der Waals surface area (Å²) in [5.41, 5.74) is 0.626. The number of aliphatic hydroxyl groups excluding tert-OH is 1. The van der Waals surface area contributed by atoms with Gasteiger partial charge in [-0.2, -0.15) is 5.26 Å². The second-order valence-corrected chi connectivity index (χ2v) is 5.48. The standard InChI is InChI=1S/C16H22N2O2/c1-13-12-18(8-6-16(13)19)7-3-9-20-15-5-2-4-14(10-15)11-17/h2,4-5,10,13,16,19H,3,6-9,12H2,1H3. The number of nitrogens with zero attached hydrogens (tertiary/aromatic N) is 2. The molecule has 1 aromatic carbocycles. The predicted molar refractivity (Wildman–Crippen MR) is 77.5 cm³/mol. The van der Waals surface area contributed by atoms with Crippen molar-refractivity contribution in [3.8, 4) is 11.8 Å². The van der Waals surface area contributed by atoms with Gasteiger partial charge in [0.25, 0.3) is 0 Å². The largest absolute Gasteiger partial charge is 0.494 e. The van der Waals surface area contributed by atoms with Crippen LogP contribution in [0.3, 0.4) is 0 Å². The molecular weight excluding hydrogens is 252 g/mol. The number of benzene rings is 1. The summed E-state index contributed by atoms with van der Waals surface area (Å²) in [6.07, 6.45) is 1.68. The molecule has 1 fully saturated rings. The van der Waals surface area contributed by atoms with Crippen molar-refractivity contribution < 1.29 is 9.84 Å². The molecule has 1 aliphatic heterocycles. The molecule has 4 heteroatoms. The van der Waals surface area contributed by atoms with E-state index < -0.39 is 0 Å². The average Bonchev–Trinajstić information content (AvgIpc) is 2.47. The number of hydrogen-bond acceptors (Lipinski definition) is 4. The van der Waals surface area contributed by atoms with E-state index in [4.69, 9.17) is 10.00 Å². The molecule has 1 saturated heterocycles. The van der Waals surface area contributed by atoms with Gasteiger partial charge in [0.2, 0.25) is 0 Å². The zero-order valence-corrected chi connectivity index (χ0v) is 12.0. The Hall–Kier alpha value is -1.57. The molecule has 2 rings (SSSR count). The average molecular weight is 274 g/mol. The minimum absolute atomic E-state index is 0.142. The van der Waals surface area contributed by atoms with Gasteiger partial charge < -0.3 is 14.7 Å². The monoisotopic (exact) mass is 274 g/mol. The summed E-state index contributed by atoms with van der Waals surface area (Å²) in [5, 5.41) is 18.5. The van der Waals surface area contributed by atoms with Crippen LogP contribution in [0.1, 0.15) is 25.3 Å². The Bertz CT molecular complexity index is 470. The van der Waals surface area contributed by atoms with Gasteiger partial charge in [0.15, 0.2) is 0 Å². The molecule has 1 N–H and O–H groups in total. The maximum atomic E-state index is 9.69. The lowest BCUT2D eigenvalue weighted by Crippen LogP contribution is -2.42. The van der Waals surface area contributed by atoms with E-state index in [-0.39, 0.29) is 6.10 Å². The molecule has 0 saturated carbocycles.